The number of likely N-dealkylation sites (N-methyl/N-ethyl adjacent to an activating group) is 1. The number of nitrogens with one attached hydrogen (secondary N) is 2. The summed E-state index contributed by atoms with van der Waals surface area (Å²) in [6, 6.07) is 4.40. The van der Waals surface area contributed by atoms with E-state index in [-0.39, 0.29) is 11.8 Å². The highest BCUT2D eigenvalue weighted by Gasteiger charge is 2.26. The standard InChI is InChI=1S/C22H36N4O2/c1-3-18-8-9-20(24-18)22(28)26-14-11-17(12-15-26)7-10-21(27)23-16-19-6-5-13-25(19)4-2/h8-9,17,19,24H,3-7,10-16H2,1-2H3,(H,23,27)/t19-/m0/s1. The van der Waals surface area contributed by atoms with Crippen LogP contribution in [0.15, 0.2) is 12.1 Å². The number of carbonyl (C=O) groups excluding carboxylic acids is 2. The van der Waals surface area contributed by atoms with Crippen LogP contribution in [-0.4, -0.2) is 65.4 Å². The van der Waals surface area contributed by atoms with Crippen LogP contribution in [0, 0.1) is 5.92 Å². The number of H-pyrrole nitrogens is 1. The Morgan fingerprint density at radius 2 is 1.93 bits per heavy atom. The van der Waals surface area contributed by atoms with Crippen molar-refractivity contribution in [2.24, 2.45) is 5.92 Å². The number of aromatic nitrogens is 1. The predicted molar refractivity (Wildman–Crippen MR) is 111 cm³/mol. The number of nitrogens with zero attached hydrogens (tertiary/aromatic N) is 2. The van der Waals surface area contributed by atoms with E-state index in [1.807, 2.05) is 17.0 Å². The minimum absolute atomic E-state index is 0.105. The molecule has 3 heterocycles. The maximum Gasteiger partial charge on any atom is 0.270 e. The molecule has 156 valence electrons. The fourth-order valence-corrected chi connectivity index (χ4v) is 4.56. The molecule has 2 N–H and O–H groups in total. The van der Waals surface area contributed by atoms with Gasteiger partial charge in [0.1, 0.15) is 5.69 Å². The van der Waals surface area contributed by atoms with Crippen LogP contribution in [0.4, 0.5) is 0 Å². The maximum atomic E-state index is 12.6. The van der Waals surface area contributed by atoms with E-state index >= 15 is 0 Å². The van der Waals surface area contributed by atoms with E-state index in [4.69, 9.17) is 0 Å². The lowest BCUT2D eigenvalue weighted by atomic mass is 9.92. The van der Waals surface area contributed by atoms with Crippen molar-refractivity contribution in [2.75, 3.05) is 32.7 Å². The fourth-order valence-electron chi connectivity index (χ4n) is 4.56. The summed E-state index contributed by atoms with van der Waals surface area (Å²) in [6.45, 7) is 8.87. The van der Waals surface area contributed by atoms with E-state index in [0.29, 0.717) is 24.1 Å². The monoisotopic (exact) mass is 388 g/mol. The van der Waals surface area contributed by atoms with Gasteiger partial charge in [-0.15, -0.1) is 0 Å². The molecule has 2 aliphatic rings. The number of hydrogen-bond acceptors (Lipinski definition) is 3. The SMILES string of the molecule is CCc1ccc(C(=O)N2CCC(CCC(=O)NC[C@@H]3CCCN3CC)CC2)[nH]1. The molecule has 1 atom stereocenters. The first-order chi connectivity index (χ1) is 13.6. The molecule has 0 saturated carbocycles. The van der Waals surface area contributed by atoms with Gasteiger partial charge in [0.15, 0.2) is 0 Å². The molecule has 0 spiro atoms. The molecule has 6 nitrogen and oxygen atoms in total. The van der Waals surface area contributed by atoms with Gasteiger partial charge in [-0.25, -0.2) is 0 Å². The molecule has 2 saturated heterocycles. The smallest absolute Gasteiger partial charge is 0.270 e. The maximum absolute atomic E-state index is 12.6. The Labute approximate surface area is 169 Å². The van der Waals surface area contributed by atoms with Crippen molar-refractivity contribution in [1.82, 2.24) is 20.1 Å². The molecule has 0 radical (unpaired) electrons. The van der Waals surface area contributed by atoms with Gasteiger partial charge in [0, 0.05) is 37.8 Å². The second-order valence-electron chi connectivity index (χ2n) is 8.25. The second-order valence-corrected chi connectivity index (χ2v) is 8.25. The molecule has 0 bridgehead atoms. The second kappa shape index (κ2) is 10.1. The van der Waals surface area contributed by atoms with Gasteiger partial charge in [-0.2, -0.15) is 0 Å². The van der Waals surface area contributed by atoms with Gasteiger partial charge < -0.3 is 15.2 Å². The highest BCUT2D eigenvalue weighted by Crippen LogP contribution is 2.23. The lowest BCUT2D eigenvalue weighted by molar-refractivity contribution is -0.121. The number of hydrogen-bond donors (Lipinski definition) is 2. The molecule has 28 heavy (non-hydrogen) atoms. The summed E-state index contributed by atoms with van der Waals surface area (Å²) in [5.74, 6) is 0.830. The molecule has 6 heteroatoms. The molecular weight excluding hydrogens is 352 g/mol. The van der Waals surface area contributed by atoms with E-state index in [0.717, 1.165) is 64.1 Å². The number of piperidine rings is 1. The first kappa shape index (κ1) is 20.9. The average Bonchev–Trinajstić information content (AvgIpc) is 3.39. The molecule has 0 aliphatic carbocycles. The van der Waals surface area contributed by atoms with E-state index in [1.165, 1.54) is 12.8 Å². The molecular formula is C22H36N4O2. The van der Waals surface area contributed by atoms with Crippen molar-refractivity contribution < 1.29 is 9.59 Å². The first-order valence-corrected chi connectivity index (χ1v) is 11.1. The molecule has 0 aromatic carbocycles. The predicted octanol–water partition coefficient (Wildman–Crippen LogP) is 2.81. The fraction of sp³-hybridized carbons (Fsp3) is 0.727. The number of aryl methyl sites for hydroxylation is 1. The van der Waals surface area contributed by atoms with Gasteiger partial charge in [0.2, 0.25) is 5.91 Å². The van der Waals surface area contributed by atoms with Crippen molar-refractivity contribution in [2.45, 2.75) is 64.8 Å². The topological polar surface area (TPSA) is 68.4 Å². The third kappa shape index (κ3) is 5.37. The Morgan fingerprint density at radius 1 is 1.14 bits per heavy atom. The van der Waals surface area contributed by atoms with Crippen LogP contribution in [-0.2, 0) is 11.2 Å². The Hall–Kier alpha value is -1.82. The van der Waals surface area contributed by atoms with E-state index in [2.05, 4.69) is 29.0 Å². The minimum Gasteiger partial charge on any atom is -0.355 e. The van der Waals surface area contributed by atoms with Crippen LogP contribution in [0.5, 0.6) is 0 Å². The van der Waals surface area contributed by atoms with Crippen molar-refractivity contribution in [3.05, 3.63) is 23.5 Å². The molecule has 2 aliphatic heterocycles. The van der Waals surface area contributed by atoms with Gasteiger partial charge in [0.25, 0.3) is 5.91 Å². The number of carbonyl (C=O) groups is 2. The largest absolute Gasteiger partial charge is 0.355 e. The number of likely N-dealkylation sites (tertiary alicyclic amines) is 2. The lowest BCUT2D eigenvalue weighted by Crippen LogP contribution is -2.40. The van der Waals surface area contributed by atoms with Crippen LogP contribution in [0.1, 0.15) is 68.6 Å². The van der Waals surface area contributed by atoms with Crippen molar-refractivity contribution in [1.29, 1.82) is 0 Å². The lowest BCUT2D eigenvalue weighted by Gasteiger charge is -2.31. The highest BCUT2D eigenvalue weighted by molar-refractivity contribution is 5.92. The van der Waals surface area contributed by atoms with Crippen molar-refractivity contribution in [3.63, 3.8) is 0 Å². The quantitative estimate of drug-likeness (QED) is 0.720. The molecule has 1 aromatic rings. The third-order valence-electron chi connectivity index (χ3n) is 6.48. The Morgan fingerprint density at radius 3 is 2.61 bits per heavy atom. The molecule has 3 rings (SSSR count). The normalized spacial score (nSPS) is 21.2. The average molecular weight is 389 g/mol. The number of aromatic amines is 1. The summed E-state index contributed by atoms with van der Waals surface area (Å²) < 4.78 is 0. The van der Waals surface area contributed by atoms with Gasteiger partial charge in [-0.05, 0) is 69.7 Å². The van der Waals surface area contributed by atoms with Crippen molar-refractivity contribution in [3.8, 4) is 0 Å². The van der Waals surface area contributed by atoms with E-state index < -0.39 is 0 Å². The van der Waals surface area contributed by atoms with E-state index in [9.17, 15) is 9.59 Å². The molecule has 1 aromatic heterocycles. The van der Waals surface area contributed by atoms with Gasteiger partial charge >= 0.3 is 0 Å². The summed E-state index contributed by atoms with van der Waals surface area (Å²) in [6.07, 6.45) is 6.87. The summed E-state index contributed by atoms with van der Waals surface area (Å²) in [5, 5.41) is 3.14. The van der Waals surface area contributed by atoms with Gasteiger partial charge in [0.05, 0.1) is 0 Å². The van der Waals surface area contributed by atoms with Gasteiger partial charge in [-0.1, -0.05) is 13.8 Å². The summed E-state index contributed by atoms with van der Waals surface area (Å²) >= 11 is 0. The Balaban J connectivity index is 1.34. The first-order valence-electron chi connectivity index (χ1n) is 11.1. The minimum atomic E-state index is 0.105. The summed E-state index contributed by atoms with van der Waals surface area (Å²) in [5.41, 5.74) is 1.80. The number of amides is 2. The zero-order valence-electron chi connectivity index (χ0n) is 17.5. The van der Waals surface area contributed by atoms with Crippen LogP contribution < -0.4 is 5.32 Å². The third-order valence-corrected chi connectivity index (χ3v) is 6.48. The number of rotatable bonds is 8. The van der Waals surface area contributed by atoms with Gasteiger partial charge in [-0.3, -0.25) is 14.5 Å². The zero-order valence-corrected chi connectivity index (χ0v) is 17.5. The molecule has 2 fully saturated rings. The Bertz CT molecular complexity index is 649. The Kier molecular flexibility index (Phi) is 7.54. The van der Waals surface area contributed by atoms with Crippen LogP contribution in [0.2, 0.25) is 0 Å². The van der Waals surface area contributed by atoms with Crippen molar-refractivity contribution >= 4 is 11.8 Å². The van der Waals surface area contributed by atoms with Crippen LogP contribution >= 0.6 is 0 Å². The summed E-state index contributed by atoms with van der Waals surface area (Å²) in [4.78, 5) is 32.4. The van der Waals surface area contributed by atoms with Crippen LogP contribution in [0.3, 0.4) is 0 Å². The summed E-state index contributed by atoms with van der Waals surface area (Å²) in [7, 11) is 0. The highest BCUT2D eigenvalue weighted by atomic mass is 16.2. The van der Waals surface area contributed by atoms with E-state index in [1.54, 1.807) is 0 Å². The molecule has 2 amide bonds. The zero-order chi connectivity index (χ0) is 19.9. The van der Waals surface area contributed by atoms with Crippen LogP contribution in [0.25, 0.3) is 0 Å². The molecule has 0 unspecified atom stereocenters.